The molecule has 13 heavy (non-hydrogen) atoms. The van der Waals surface area contributed by atoms with Gasteiger partial charge in [-0.3, -0.25) is 0 Å². The fraction of sp³-hybridized carbons (Fsp3) is 0.222. The Kier molecular flexibility index (Phi) is 4.05. The third-order valence-corrected chi connectivity index (χ3v) is 1.89. The maximum Gasteiger partial charge on any atom is 0.220 e. The molecular formula is C9H10BrFN2. The lowest BCUT2D eigenvalue weighted by Crippen LogP contribution is -2.03. The molecule has 0 radical (unpaired) electrons. The Balaban J connectivity index is 2.81. The Hall–Kier alpha value is -0.740. The summed E-state index contributed by atoms with van der Waals surface area (Å²) in [4.78, 5) is 3.57. The fourth-order valence-corrected chi connectivity index (χ4v) is 1.21. The van der Waals surface area contributed by atoms with Crippen molar-refractivity contribution in [2.24, 2.45) is 0 Å². The summed E-state index contributed by atoms with van der Waals surface area (Å²) < 4.78 is 13.8. The number of hydrogen-bond acceptors (Lipinski definition) is 2. The lowest BCUT2D eigenvalue weighted by Gasteiger charge is -1.96. The van der Waals surface area contributed by atoms with Gasteiger partial charge in [-0.15, -0.1) is 0 Å². The Labute approximate surface area is 85.0 Å². The van der Waals surface area contributed by atoms with Crippen LogP contribution in [0.1, 0.15) is 5.56 Å². The van der Waals surface area contributed by atoms with Crippen LogP contribution in [0.25, 0.3) is 6.08 Å². The van der Waals surface area contributed by atoms with Gasteiger partial charge in [0.1, 0.15) is 0 Å². The van der Waals surface area contributed by atoms with Crippen LogP contribution in [0.3, 0.4) is 0 Å². The molecular weight excluding hydrogens is 235 g/mol. The minimum absolute atomic E-state index is 0.449. The molecule has 1 N–H and O–H groups in total. The first-order valence-corrected chi connectivity index (χ1v) is 4.65. The summed E-state index contributed by atoms with van der Waals surface area (Å²) in [5.41, 5.74) is 0.490. The van der Waals surface area contributed by atoms with Crippen molar-refractivity contribution in [3.63, 3.8) is 0 Å². The van der Waals surface area contributed by atoms with Gasteiger partial charge in [0.05, 0.1) is 0 Å². The van der Waals surface area contributed by atoms with Crippen LogP contribution in [-0.2, 0) is 0 Å². The number of likely N-dealkylation sites (N-methyl/N-ethyl adjacent to an activating group) is 1. The molecule has 0 aliphatic rings. The van der Waals surface area contributed by atoms with E-state index in [1.54, 1.807) is 12.1 Å². The van der Waals surface area contributed by atoms with Gasteiger partial charge >= 0.3 is 0 Å². The zero-order valence-electron chi connectivity index (χ0n) is 7.22. The van der Waals surface area contributed by atoms with Crippen molar-refractivity contribution in [1.82, 2.24) is 10.3 Å². The van der Waals surface area contributed by atoms with E-state index in [0.29, 0.717) is 12.1 Å². The summed E-state index contributed by atoms with van der Waals surface area (Å²) in [6, 6.07) is 1.69. The fourth-order valence-electron chi connectivity index (χ4n) is 0.859. The van der Waals surface area contributed by atoms with Crippen LogP contribution in [0.5, 0.6) is 0 Å². The van der Waals surface area contributed by atoms with Gasteiger partial charge in [0.2, 0.25) is 5.95 Å². The minimum Gasteiger partial charge on any atom is -0.316 e. The van der Waals surface area contributed by atoms with Crippen LogP contribution >= 0.6 is 15.9 Å². The summed E-state index contributed by atoms with van der Waals surface area (Å²) in [6.07, 6.45) is 4.97. The Morgan fingerprint density at radius 3 is 3.15 bits per heavy atom. The van der Waals surface area contributed by atoms with E-state index in [1.165, 1.54) is 6.20 Å². The summed E-state index contributed by atoms with van der Waals surface area (Å²) in [5, 5.41) is 2.93. The molecule has 2 nitrogen and oxygen atoms in total. The highest BCUT2D eigenvalue weighted by Gasteiger charge is 1.99. The van der Waals surface area contributed by atoms with Gasteiger partial charge in [-0.05, 0) is 29.0 Å². The normalized spacial score (nSPS) is 11.0. The molecule has 0 atom stereocenters. The predicted octanol–water partition coefficient (Wildman–Crippen LogP) is 2.22. The number of halogens is 2. The van der Waals surface area contributed by atoms with Gasteiger partial charge in [0.15, 0.2) is 0 Å². The van der Waals surface area contributed by atoms with Gasteiger partial charge in [0.25, 0.3) is 0 Å². The molecule has 4 heteroatoms. The second-order valence-electron chi connectivity index (χ2n) is 2.49. The van der Waals surface area contributed by atoms with E-state index in [9.17, 15) is 4.39 Å². The van der Waals surface area contributed by atoms with Crippen molar-refractivity contribution in [1.29, 1.82) is 0 Å². The number of nitrogens with one attached hydrogen (secondary N) is 1. The second kappa shape index (κ2) is 5.09. The quantitative estimate of drug-likeness (QED) is 0.826. The minimum atomic E-state index is -0.449. The van der Waals surface area contributed by atoms with Crippen LogP contribution in [0.2, 0.25) is 0 Å². The Bertz CT molecular complexity index is 312. The third-order valence-electron chi connectivity index (χ3n) is 1.45. The molecule has 1 aromatic heterocycles. The van der Waals surface area contributed by atoms with Crippen molar-refractivity contribution in [2.75, 3.05) is 13.6 Å². The average molecular weight is 245 g/mol. The van der Waals surface area contributed by atoms with Gasteiger partial charge in [-0.25, -0.2) is 4.98 Å². The van der Waals surface area contributed by atoms with Crippen LogP contribution in [0.4, 0.5) is 4.39 Å². The van der Waals surface area contributed by atoms with Crippen LogP contribution < -0.4 is 5.32 Å². The molecule has 0 aliphatic heterocycles. The number of pyridine rings is 1. The molecule has 1 heterocycles. The lowest BCUT2D eigenvalue weighted by atomic mass is 10.2. The summed E-state index contributed by atoms with van der Waals surface area (Å²) in [5.74, 6) is -0.449. The number of hydrogen-bond donors (Lipinski definition) is 1. The zero-order chi connectivity index (χ0) is 9.68. The van der Waals surface area contributed by atoms with Gasteiger partial charge < -0.3 is 5.32 Å². The van der Waals surface area contributed by atoms with Crippen LogP contribution in [-0.4, -0.2) is 18.6 Å². The van der Waals surface area contributed by atoms with Crippen molar-refractivity contribution in [3.8, 4) is 0 Å². The first kappa shape index (κ1) is 10.3. The van der Waals surface area contributed by atoms with Crippen molar-refractivity contribution in [3.05, 3.63) is 34.3 Å². The van der Waals surface area contributed by atoms with E-state index in [-0.39, 0.29) is 0 Å². The number of nitrogens with zero attached hydrogens (tertiary/aromatic N) is 1. The number of aromatic nitrogens is 1. The van der Waals surface area contributed by atoms with Crippen LogP contribution in [0, 0.1) is 5.95 Å². The van der Waals surface area contributed by atoms with Crippen molar-refractivity contribution in [2.45, 2.75) is 0 Å². The van der Waals surface area contributed by atoms with Gasteiger partial charge in [-0.2, -0.15) is 4.39 Å². The van der Waals surface area contributed by atoms with E-state index in [4.69, 9.17) is 0 Å². The topological polar surface area (TPSA) is 24.9 Å². The monoisotopic (exact) mass is 244 g/mol. The average Bonchev–Trinajstić information content (AvgIpc) is 2.11. The van der Waals surface area contributed by atoms with Gasteiger partial charge in [-0.1, -0.05) is 12.2 Å². The highest BCUT2D eigenvalue weighted by atomic mass is 79.9. The zero-order valence-corrected chi connectivity index (χ0v) is 8.81. The molecule has 0 amide bonds. The molecule has 0 unspecified atom stereocenters. The Morgan fingerprint density at radius 2 is 2.46 bits per heavy atom. The maximum absolute atomic E-state index is 13.0. The first-order valence-electron chi connectivity index (χ1n) is 3.86. The van der Waals surface area contributed by atoms with E-state index in [0.717, 1.165) is 4.47 Å². The maximum atomic E-state index is 13.0. The summed E-state index contributed by atoms with van der Waals surface area (Å²) >= 11 is 3.23. The molecule has 0 spiro atoms. The van der Waals surface area contributed by atoms with E-state index in [1.807, 2.05) is 13.1 Å². The molecule has 0 saturated heterocycles. The summed E-state index contributed by atoms with van der Waals surface area (Å²) in [6.45, 7) is 0.714. The first-order chi connectivity index (χ1) is 6.24. The largest absolute Gasteiger partial charge is 0.316 e. The standard InChI is InChI=1S/C9H10BrFN2/c1-12-4-2-3-7-5-8(10)6-13-9(7)11/h2-3,5-6,12H,4H2,1H3. The highest BCUT2D eigenvalue weighted by molar-refractivity contribution is 9.10. The predicted molar refractivity (Wildman–Crippen MR) is 54.9 cm³/mol. The third kappa shape index (κ3) is 3.24. The molecule has 70 valence electrons. The molecule has 1 aromatic rings. The molecule has 0 aromatic carbocycles. The molecule has 0 aliphatic carbocycles. The van der Waals surface area contributed by atoms with E-state index >= 15 is 0 Å². The smallest absolute Gasteiger partial charge is 0.220 e. The SMILES string of the molecule is CNCC=Cc1cc(Br)cnc1F. The molecule has 0 bridgehead atoms. The Morgan fingerprint density at radius 1 is 1.69 bits per heavy atom. The van der Waals surface area contributed by atoms with E-state index in [2.05, 4.69) is 26.2 Å². The van der Waals surface area contributed by atoms with E-state index < -0.39 is 5.95 Å². The highest BCUT2D eigenvalue weighted by Crippen LogP contribution is 2.13. The second-order valence-corrected chi connectivity index (χ2v) is 3.41. The molecule has 1 rings (SSSR count). The molecule has 0 saturated carbocycles. The van der Waals surface area contributed by atoms with Gasteiger partial charge in [0, 0.05) is 22.8 Å². The summed E-state index contributed by atoms with van der Waals surface area (Å²) in [7, 11) is 1.83. The molecule has 0 fully saturated rings. The number of rotatable bonds is 3. The van der Waals surface area contributed by atoms with Crippen molar-refractivity contribution < 1.29 is 4.39 Å². The lowest BCUT2D eigenvalue weighted by molar-refractivity contribution is 0.580. The van der Waals surface area contributed by atoms with Crippen molar-refractivity contribution >= 4 is 22.0 Å². The van der Waals surface area contributed by atoms with Crippen LogP contribution in [0.15, 0.2) is 22.8 Å².